The molecule has 714 valence electrons. The summed E-state index contributed by atoms with van der Waals surface area (Å²) in [7, 11) is 0. The summed E-state index contributed by atoms with van der Waals surface area (Å²) < 4.78 is 0. The smallest absolute Gasteiger partial charge is 0.326 e. The standard InChI is InChI=1S/C87H134N20O21S/c1-43(2)32-59(74(115)93-40-67(112)104-69(49(12)109)85(126)107-71(51(14)111)84(125)100-62(37-53-26-19-16-20-27-53)78(119)101-64(86(127)128)35-46(7)8)97-77(118)60(33-44(3)4)99-83(124)70(50(13)110)106-79(120)61(34-45(5)6)96-72(113)48(11)94-76(117)63(38-54-39-92-57-29-22-21-28-55(54)57)98-81(122)66(42-129)103-82(123)68(47(9)10)105-80(121)65(41-108)102-75(116)58(30-23-31-91-87(89)90)95-73(114)56(88)36-52-24-17-15-18-25-52/h15-22,24-29,39,43-51,56,58-66,68-71,92,108-111,129H,23,30-38,40-42,88H2,1-14H3,(H,93,115)(H,94,117)(H,95,114)(H,96,113)(H,97,118)(H,98,122)(H,99,124)(H,100,125)(H,101,119)(H,102,116)(H,103,123)(H,104,112)(H,105,121)(H,106,120)(H,107,126)(H,127,128)(H4,89,90,91)/t48-,49+,50+,51+,56-,58-,59-,60-,61-,62-,63-,64-,65-,66-,68-,69-,70-,71-/m0/s1. The number of aromatic amines is 1. The summed E-state index contributed by atoms with van der Waals surface area (Å²) in [6.45, 7) is 19.9. The van der Waals surface area contributed by atoms with E-state index in [4.69, 9.17) is 16.9 Å². The highest BCUT2D eigenvalue weighted by Crippen LogP contribution is 2.21. The van der Waals surface area contributed by atoms with Crippen LogP contribution in [-0.4, -0.2) is 265 Å². The number of carbonyl (C=O) groups is 16. The lowest BCUT2D eigenvalue weighted by molar-refractivity contribution is -0.143. The van der Waals surface area contributed by atoms with Crippen molar-refractivity contribution in [2.24, 2.45) is 41.1 Å². The Morgan fingerprint density at radius 1 is 0.395 bits per heavy atom. The van der Waals surface area contributed by atoms with Gasteiger partial charge in [-0.15, -0.1) is 0 Å². The van der Waals surface area contributed by atoms with Crippen LogP contribution in [0, 0.1) is 35.0 Å². The van der Waals surface area contributed by atoms with Crippen molar-refractivity contribution in [2.75, 3.05) is 25.4 Å². The number of para-hydroxylation sites is 1. The van der Waals surface area contributed by atoms with Gasteiger partial charge in [-0.2, -0.15) is 12.6 Å². The number of aliphatic hydroxyl groups excluding tert-OH is 4. The van der Waals surface area contributed by atoms with Crippen LogP contribution in [0.3, 0.4) is 0 Å². The van der Waals surface area contributed by atoms with Crippen molar-refractivity contribution in [1.29, 1.82) is 5.41 Å². The number of rotatable bonds is 55. The van der Waals surface area contributed by atoms with Gasteiger partial charge in [-0.25, -0.2) is 4.79 Å². The number of thiol groups is 1. The summed E-state index contributed by atoms with van der Waals surface area (Å²) in [5.74, 6) is -18.4. The number of aliphatic carboxylic acids is 1. The molecule has 1 aromatic heterocycles. The molecule has 0 aliphatic heterocycles. The third-order valence-corrected chi connectivity index (χ3v) is 20.9. The second-order valence-electron chi connectivity index (χ2n) is 34.2. The molecule has 0 saturated carbocycles. The summed E-state index contributed by atoms with van der Waals surface area (Å²) >= 11 is 4.35. The number of aliphatic hydroxyl groups is 4. The molecule has 42 heteroatoms. The molecular weight excluding hydrogens is 1690 g/mol. The van der Waals surface area contributed by atoms with E-state index in [1.165, 1.54) is 13.8 Å². The minimum absolute atomic E-state index is 0.0407. The molecule has 0 aliphatic rings. The van der Waals surface area contributed by atoms with Crippen LogP contribution in [-0.2, 0) is 96.0 Å². The lowest BCUT2D eigenvalue weighted by Crippen LogP contribution is -2.62. The predicted molar refractivity (Wildman–Crippen MR) is 481 cm³/mol. The van der Waals surface area contributed by atoms with E-state index in [0.29, 0.717) is 22.0 Å². The summed E-state index contributed by atoms with van der Waals surface area (Å²) in [5.41, 5.74) is 14.1. The van der Waals surface area contributed by atoms with Crippen LogP contribution < -0.4 is 96.5 Å². The Labute approximate surface area is 756 Å². The summed E-state index contributed by atoms with van der Waals surface area (Å²) in [5, 5.41) is 101. The van der Waals surface area contributed by atoms with Gasteiger partial charge in [0.25, 0.3) is 0 Å². The third kappa shape index (κ3) is 37.8. The maximum Gasteiger partial charge on any atom is 0.326 e. The molecule has 129 heavy (non-hydrogen) atoms. The first kappa shape index (κ1) is 109. The van der Waals surface area contributed by atoms with Crippen LogP contribution >= 0.6 is 12.6 Å². The highest BCUT2D eigenvalue weighted by atomic mass is 32.1. The number of amides is 15. The molecule has 0 radical (unpaired) electrons. The Morgan fingerprint density at radius 2 is 0.767 bits per heavy atom. The van der Waals surface area contributed by atoms with E-state index in [-0.39, 0.29) is 99.7 Å². The number of hydrogen-bond acceptors (Lipinski definition) is 23. The van der Waals surface area contributed by atoms with Crippen molar-refractivity contribution in [3.8, 4) is 0 Å². The molecule has 4 aromatic rings. The van der Waals surface area contributed by atoms with Crippen LogP contribution in [0.5, 0.6) is 0 Å². The molecule has 0 spiro atoms. The van der Waals surface area contributed by atoms with Gasteiger partial charge in [0.2, 0.25) is 88.6 Å². The van der Waals surface area contributed by atoms with Crippen LogP contribution in [0.25, 0.3) is 10.9 Å². The number of H-pyrrole nitrogens is 1. The van der Waals surface area contributed by atoms with E-state index in [1.807, 2.05) is 0 Å². The van der Waals surface area contributed by atoms with Crippen molar-refractivity contribution in [3.05, 3.63) is 108 Å². The van der Waals surface area contributed by atoms with E-state index < -0.39 is 223 Å². The summed E-state index contributed by atoms with van der Waals surface area (Å²) in [6.07, 6.45) is -3.67. The number of guanidine groups is 1. The van der Waals surface area contributed by atoms with Gasteiger partial charge in [0, 0.05) is 42.2 Å². The van der Waals surface area contributed by atoms with E-state index in [1.54, 1.807) is 160 Å². The predicted octanol–water partition coefficient (Wildman–Crippen LogP) is -3.30. The van der Waals surface area contributed by atoms with E-state index in [2.05, 4.69) is 103 Å². The van der Waals surface area contributed by atoms with Crippen molar-refractivity contribution >= 4 is 124 Å². The van der Waals surface area contributed by atoms with Crippen LogP contribution in [0.4, 0.5) is 0 Å². The molecule has 15 amide bonds. The number of carboxylic acid groups (broad SMARTS) is 1. The lowest BCUT2D eigenvalue weighted by Gasteiger charge is -2.29. The molecule has 27 N–H and O–H groups in total. The van der Waals surface area contributed by atoms with E-state index >= 15 is 0 Å². The second kappa shape index (κ2) is 54.5. The molecule has 0 saturated heterocycles. The fourth-order valence-electron chi connectivity index (χ4n) is 13.6. The highest BCUT2D eigenvalue weighted by molar-refractivity contribution is 7.80. The van der Waals surface area contributed by atoms with Gasteiger partial charge < -0.3 is 127 Å². The quantitative estimate of drug-likeness (QED) is 0.00891. The van der Waals surface area contributed by atoms with Gasteiger partial charge in [0.15, 0.2) is 5.96 Å². The van der Waals surface area contributed by atoms with Gasteiger partial charge in [0.05, 0.1) is 37.5 Å². The Morgan fingerprint density at radius 3 is 1.28 bits per heavy atom. The number of carboxylic acids is 1. The minimum atomic E-state index is -1.84. The topological polar surface area (TPSA) is 658 Å². The Kier molecular flexibility index (Phi) is 46.2. The maximum absolute atomic E-state index is 14.6. The molecule has 18 atom stereocenters. The van der Waals surface area contributed by atoms with Crippen molar-refractivity contribution < 1.29 is 102 Å². The molecule has 0 unspecified atom stereocenters. The van der Waals surface area contributed by atoms with Gasteiger partial charge >= 0.3 is 5.97 Å². The maximum atomic E-state index is 14.6. The number of nitrogens with two attached hydrogens (primary N) is 2. The Balaban J connectivity index is 1.48. The molecule has 0 bridgehead atoms. The molecule has 1 heterocycles. The fourth-order valence-corrected chi connectivity index (χ4v) is 13.8. The average molecular weight is 1830 g/mol. The number of carbonyl (C=O) groups excluding carboxylic acids is 15. The average Bonchev–Trinajstić information content (AvgIpc) is 1.69. The second-order valence-corrected chi connectivity index (χ2v) is 34.6. The monoisotopic (exact) mass is 1830 g/mol. The lowest BCUT2D eigenvalue weighted by atomic mass is 9.99. The van der Waals surface area contributed by atoms with E-state index in [0.717, 1.165) is 19.4 Å². The van der Waals surface area contributed by atoms with Crippen molar-refractivity contribution in [2.45, 2.75) is 264 Å². The van der Waals surface area contributed by atoms with Gasteiger partial charge in [-0.1, -0.05) is 148 Å². The largest absolute Gasteiger partial charge is 0.480 e. The van der Waals surface area contributed by atoms with Crippen LogP contribution in [0.1, 0.15) is 152 Å². The first-order valence-electron chi connectivity index (χ1n) is 43.1. The molecule has 4 rings (SSSR count). The van der Waals surface area contributed by atoms with Gasteiger partial charge in [0.1, 0.15) is 84.6 Å². The van der Waals surface area contributed by atoms with Crippen molar-refractivity contribution in [3.63, 3.8) is 0 Å². The van der Waals surface area contributed by atoms with Gasteiger partial charge in [-0.3, -0.25) is 77.3 Å². The van der Waals surface area contributed by atoms with Crippen LogP contribution in [0.15, 0.2) is 91.1 Å². The molecule has 0 fully saturated rings. The molecule has 41 nitrogen and oxygen atoms in total. The zero-order valence-corrected chi connectivity index (χ0v) is 76.4. The zero-order chi connectivity index (χ0) is 96.8. The molecule has 3 aromatic carbocycles. The summed E-state index contributed by atoms with van der Waals surface area (Å²) in [4.78, 5) is 226. The number of fused-ring (bicyclic) bond motifs is 1. The number of benzene rings is 3. The highest BCUT2D eigenvalue weighted by Gasteiger charge is 2.41. The molecular formula is C87H134N20O21S. The van der Waals surface area contributed by atoms with Crippen molar-refractivity contribution in [1.82, 2.24) is 90.1 Å². The number of nitrogens with one attached hydrogen (secondary N) is 18. The Hall–Kier alpha value is -11.9. The fraction of sp³-hybridized carbons (Fsp3) is 0.575. The molecule has 0 aliphatic carbocycles. The zero-order valence-electron chi connectivity index (χ0n) is 75.5. The normalized spacial score (nSPS) is 15.6. The first-order valence-corrected chi connectivity index (χ1v) is 43.8. The third-order valence-electron chi connectivity index (χ3n) is 20.5. The van der Waals surface area contributed by atoms with Gasteiger partial charge in [-0.05, 0) is 125 Å². The SMILES string of the molecule is CC(C)C[C@H](NC(=O)[C@H](Cc1ccccc1)NC(=O)[C@@H](NC(=O)[C@@H](NC(=O)CNC(=O)[C@H](CC(C)C)NC(=O)[C@H](CC(C)C)NC(=O)[C@@H](NC(=O)[C@H](CC(C)C)NC(=O)[C@H](C)NC(=O)[C@H](Cc1c[nH]c2ccccc12)NC(=O)[C@H](CS)NC(=O)[C@@H](NC(=O)[C@H](CO)NC(=O)[C@H](CCCNC(=N)N)NC(=O)[C@@H](N)Cc1ccccc1)C(C)C)[C@@H](C)O)[C@@H](C)O)[C@@H](C)O)C(=O)O. The number of hydrogen-bond donors (Lipinski definition) is 26. The first-order chi connectivity index (χ1) is 60.6. The summed E-state index contributed by atoms with van der Waals surface area (Å²) in [6, 6.07) is 1.63. The number of aromatic nitrogens is 1. The minimum Gasteiger partial charge on any atom is -0.480 e. The van der Waals surface area contributed by atoms with E-state index in [9.17, 15) is 102 Å². The Bertz CT molecular complexity index is 4420. The van der Waals surface area contributed by atoms with Crippen LogP contribution in [0.2, 0.25) is 0 Å².